The summed E-state index contributed by atoms with van der Waals surface area (Å²) in [5.41, 5.74) is 3.00. The van der Waals surface area contributed by atoms with E-state index in [0.717, 1.165) is 29.2 Å². The number of amides is 1. The number of rotatable bonds is 8. The van der Waals surface area contributed by atoms with Gasteiger partial charge in [-0.15, -0.1) is 10.2 Å². The summed E-state index contributed by atoms with van der Waals surface area (Å²) >= 11 is 0. The first kappa shape index (κ1) is 18.9. The van der Waals surface area contributed by atoms with E-state index < -0.39 is 0 Å². The van der Waals surface area contributed by atoms with E-state index in [9.17, 15) is 4.79 Å². The lowest BCUT2D eigenvalue weighted by Gasteiger charge is -2.04. The SMILES string of the molecule is CCc1ccc(CNC(=O)CCc2nnc(Cc3ccc4c(c3)OCO4)o2)nc1. The lowest BCUT2D eigenvalue weighted by Crippen LogP contribution is -2.23. The molecule has 0 saturated carbocycles. The lowest BCUT2D eigenvalue weighted by atomic mass is 10.1. The van der Waals surface area contributed by atoms with Gasteiger partial charge in [0, 0.05) is 19.0 Å². The van der Waals surface area contributed by atoms with Crippen LogP contribution < -0.4 is 14.8 Å². The van der Waals surface area contributed by atoms with Crippen molar-refractivity contribution in [2.24, 2.45) is 0 Å². The third kappa shape index (κ3) is 4.90. The maximum atomic E-state index is 12.1. The molecular weight excluding hydrogens is 372 g/mol. The maximum absolute atomic E-state index is 12.1. The average molecular weight is 394 g/mol. The monoisotopic (exact) mass is 394 g/mol. The van der Waals surface area contributed by atoms with Crippen LogP contribution in [0.2, 0.25) is 0 Å². The number of ether oxygens (including phenoxy) is 2. The molecule has 0 saturated heterocycles. The number of nitrogens with zero attached hydrogens (tertiary/aromatic N) is 3. The summed E-state index contributed by atoms with van der Waals surface area (Å²) in [6.07, 6.45) is 3.94. The van der Waals surface area contributed by atoms with Crippen molar-refractivity contribution in [3.05, 3.63) is 65.1 Å². The first-order valence-corrected chi connectivity index (χ1v) is 9.60. The third-order valence-corrected chi connectivity index (χ3v) is 4.63. The summed E-state index contributed by atoms with van der Waals surface area (Å²) in [4.78, 5) is 16.4. The molecule has 1 aliphatic rings. The minimum absolute atomic E-state index is 0.0816. The van der Waals surface area contributed by atoms with Gasteiger partial charge in [0.05, 0.1) is 18.7 Å². The fourth-order valence-electron chi connectivity index (χ4n) is 2.95. The van der Waals surface area contributed by atoms with E-state index in [0.29, 0.717) is 31.2 Å². The Kier molecular flexibility index (Phi) is 5.69. The summed E-state index contributed by atoms with van der Waals surface area (Å²) in [6.45, 7) is 2.73. The molecule has 8 nitrogen and oxygen atoms in total. The van der Waals surface area contributed by atoms with Crippen LogP contribution in [0.25, 0.3) is 0 Å². The number of carbonyl (C=O) groups is 1. The summed E-state index contributed by atoms with van der Waals surface area (Å²) in [5, 5.41) is 11.0. The van der Waals surface area contributed by atoms with Crippen molar-refractivity contribution in [3.63, 3.8) is 0 Å². The molecule has 3 heterocycles. The van der Waals surface area contributed by atoms with Crippen LogP contribution in [0.5, 0.6) is 11.5 Å². The zero-order valence-corrected chi connectivity index (χ0v) is 16.2. The molecule has 3 aromatic rings. The fraction of sp³-hybridized carbons (Fsp3) is 0.333. The van der Waals surface area contributed by atoms with Crippen molar-refractivity contribution >= 4 is 5.91 Å². The second-order valence-corrected chi connectivity index (χ2v) is 6.74. The third-order valence-electron chi connectivity index (χ3n) is 4.63. The Morgan fingerprint density at radius 3 is 2.72 bits per heavy atom. The molecule has 4 rings (SSSR count). The number of aromatic nitrogens is 3. The number of nitrogens with one attached hydrogen (secondary N) is 1. The van der Waals surface area contributed by atoms with Crippen molar-refractivity contribution in [1.82, 2.24) is 20.5 Å². The molecule has 29 heavy (non-hydrogen) atoms. The lowest BCUT2D eigenvalue weighted by molar-refractivity contribution is -0.121. The highest BCUT2D eigenvalue weighted by Gasteiger charge is 2.15. The number of benzene rings is 1. The first-order valence-electron chi connectivity index (χ1n) is 9.60. The van der Waals surface area contributed by atoms with Gasteiger partial charge >= 0.3 is 0 Å². The van der Waals surface area contributed by atoms with Gasteiger partial charge in [0.25, 0.3) is 0 Å². The Bertz CT molecular complexity index is 985. The number of fused-ring (bicyclic) bond motifs is 1. The van der Waals surface area contributed by atoms with Gasteiger partial charge in [0.2, 0.25) is 24.5 Å². The van der Waals surface area contributed by atoms with Gasteiger partial charge in [-0.2, -0.15) is 0 Å². The molecule has 1 aliphatic heterocycles. The maximum Gasteiger partial charge on any atom is 0.231 e. The van der Waals surface area contributed by atoms with Gasteiger partial charge in [0.15, 0.2) is 11.5 Å². The molecule has 150 valence electrons. The number of aryl methyl sites for hydroxylation is 2. The molecule has 0 bridgehead atoms. The van der Waals surface area contributed by atoms with Gasteiger partial charge in [0.1, 0.15) is 0 Å². The predicted octanol–water partition coefficient (Wildman–Crippen LogP) is 2.60. The largest absolute Gasteiger partial charge is 0.454 e. The Balaban J connectivity index is 1.24. The van der Waals surface area contributed by atoms with Crippen LogP contribution in [0.3, 0.4) is 0 Å². The van der Waals surface area contributed by atoms with Crippen LogP contribution in [0.4, 0.5) is 0 Å². The molecule has 8 heteroatoms. The van der Waals surface area contributed by atoms with Crippen molar-refractivity contribution in [2.45, 2.75) is 39.2 Å². The fourth-order valence-corrected chi connectivity index (χ4v) is 2.95. The molecule has 1 N–H and O–H groups in total. The summed E-state index contributed by atoms with van der Waals surface area (Å²) in [7, 11) is 0. The molecule has 0 aliphatic carbocycles. The quantitative estimate of drug-likeness (QED) is 0.627. The van der Waals surface area contributed by atoms with Crippen molar-refractivity contribution in [2.75, 3.05) is 6.79 Å². The highest BCUT2D eigenvalue weighted by molar-refractivity contribution is 5.75. The molecule has 2 aromatic heterocycles. The molecule has 0 radical (unpaired) electrons. The van der Waals surface area contributed by atoms with Gasteiger partial charge in [-0.1, -0.05) is 19.1 Å². The van der Waals surface area contributed by atoms with Crippen LogP contribution in [-0.2, 0) is 30.6 Å². The van der Waals surface area contributed by atoms with E-state index in [-0.39, 0.29) is 19.1 Å². The van der Waals surface area contributed by atoms with E-state index in [1.54, 1.807) is 0 Å². The van der Waals surface area contributed by atoms with Crippen molar-refractivity contribution in [3.8, 4) is 11.5 Å². The smallest absolute Gasteiger partial charge is 0.231 e. The molecule has 1 amide bonds. The Morgan fingerprint density at radius 1 is 1.07 bits per heavy atom. The van der Waals surface area contributed by atoms with E-state index >= 15 is 0 Å². The highest BCUT2D eigenvalue weighted by Crippen LogP contribution is 2.33. The Labute approximate surface area is 168 Å². The molecular formula is C21H22N4O4. The zero-order chi connectivity index (χ0) is 20.1. The van der Waals surface area contributed by atoms with E-state index in [4.69, 9.17) is 13.9 Å². The Hall–Kier alpha value is -3.42. The van der Waals surface area contributed by atoms with Crippen LogP contribution in [0.1, 0.15) is 41.9 Å². The van der Waals surface area contributed by atoms with Crippen LogP contribution in [0, 0.1) is 0 Å². The normalized spacial score (nSPS) is 12.2. The standard InChI is InChI=1S/C21H22N4O4/c1-2-14-3-5-16(22-11-14)12-23-19(26)7-8-20-24-25-21(29-20)10-15-4-6-17-18(9-15)28-13-27-17/h3-6,9,11H,2,7-8,10,12-13H2,1H3,(H,23,26). The molecule has 0 unspecified atom stereocenters. The molecule has 0 spiro atoms. The minimum Gasteiger partial charge on any atom is -0.454 e. The van der Waals surface area contributed by atoms with Gasteiger partial charge in [-0.3, -0.25) is 9.78 Å². The van der Waals surface area contributed by atoms with Crippen LogP contribution >= 0.6 is 0 Å². The number of hydrogen-bond acceptors (Lipinski definition) is 7. The second-order valence-electron chi connectivity index (χ2n) is 6.74. The van der Waals surface area contributed by atoms with Gasteiger partial charge in [-0.05, 0) is 35.7 Å². The topological polar surface area (TPSA) is 99.4 Å². The van der Waals surface area contributed by atoms with Crippen molar-refractivity contribution in [1.29, 1.82) is 0 Å². The summed E-state index contributed by atoms with van der Waals surface area (Å²) < 4.78 is 16.3. The highest BCUT2D eigenvalue weighted by atomic mass is 16.7. The van der Waals surface area contributed by atoms with E-state index in [1.807, 2.05) is 36.5 Å². The number of pyridine rings is 1. The van der Waals surface area contributed by atoms with E-state index in [2.05, 4.69) is 27.4 Å². The van der Waals surface area contributed by atoms with E-state index in [1.165, 1.54) is 5.56 Å². The number of hydrogen-bond donors (Lipinski definition) is 1. The van der Waals surface area contributed by atoms with Crippen LogP contribution in [-0.4, -0.2) is 27.9 Å². The predicted molar refractivity (Wildman–Crippen MR) is 103 cm³/mol. The summed E-state index contributed by atoms with van der Waals surface area (Å²) in [6, 6.07) is 9.66. The Morgan fingerprint density at radius 2 is 1.90 bits per heavy atom. The zero-order valence-electron chi connectivity index (χ0n) is 16.2. The molecule has 1 aromatic carbocycles. The average Bonchev–Trinajstić information content (AvgIpc) is 3.40. The second kappa shape index (κ2) is 8.72. The first-order chi connectivity index (χ1) is 14.2. The van der Waals surface area contributed by atoms with Crippen LogP contribution in [0.15, 0.2) is 40.9 Å². The summed E-state index contributed by atoms with van der Waals surface area (Å²) in [5.74, 6) is 2.32. The minimum atomic E-state index is -0.0816. The molecule has 0 fully saturated rings. The van der Waals surface area contributed by atoms with Gasteiger partial charge < -0.3 is 19.2 Å². The van der Waals surface area contributed by atoms with Crippen molar-refractivity contribution < 1.29 is 18.7 Å². The number of carbonyl (C=O) groups excluding carboxylic acids is 1. The molecule has 0 atom stereocenters. The van der Waals surface area contributed by atoms with Gasteiger partial charge in [-0.25, -0.2) is 0 Å².